The number of nitrogens with zero attached hydrogens (tertiary/aromatic N) is 4. The van der Waals surface area contributed by atoms with Crippen LogP contribution in [0.1, 0.15) is 62.9 Å². The molecule has 0 radical (unpaired) electrons. The number of amides is 3. The van der Waals surface area contributed by atoms with Gasteiger partial charge in [0, 0.05) is 26.2 Å². The van der Waals surface area contributed by atoms with Gasteiger partial charge in [0.2, 0.25) is 0 Å². The molecular weight excluding hydrogens is 320 g/mol. The van der Waals surface area contributed by atoms with Crippen LogP contribution in [-0.2, 0) is 0 Å². The van der Waals surface area contributed by atoms with Crippen LogP contribution in [0.4, 0.5) is 10.6 Å². The number of carbonyl (C=O) groups is 2. The van der Waals surface area contributed by atoms with Gasteiger partial charge in [-0.3, -0.25) is 10.1 Å². The largest absolute Gasteiger partial charge is 0.337 e. The molecule has 0 aromatic carbocycles. The zero-order valence-electron chi connectivity index (χ0n) is 15.2. The summed E-state index contributed by atoms with van der Waals surface area (Å²) in [6.45, 7) is 7.36. The van der Waals surface area contributed by atoms with Crippen LogP contribution in [0, 0.1) is 5.41 Å². The molecule has 1 atom stereocenters. The summed E-state index contributed by atoms with van der Waals surface area (Å²) in [5.74, 6) is 0.0562. The number of H-pyrrole nitrogens is 1. The number of aromatic amines is 1. The van der Waals surface area contributed by atoms with Crippen molar-refractivity contribution in [2.75, 3.05) is 31.5 Å². The van der Waals surface area contributed by atoms with E-state index >= 15 is 0 Å². The molecule has 2 saturated heterocycles. The summed E-state index contributed by atoms with van der Waals surface area (Å²) in [6.07, 6.45) is 6.39. The normalized spacial score (nSPS) is 23.8. The highest BCUT2D eigenvalue weighted by molar-refractivity contribution is 6.00. The first kappa shape index (κ1) is 17.7. The van der Waals surface area contributed by atoms with E-state index in [9.17, 15) is 9.59 Å². The molecule has 25 heavy (non-hydrogen) atoms. The average molecular weight is 348 g/mol. The second kappa shape index (κ2) is 7.41. The Hall–Kier alpha value is -2.12. The molecule has 3 heterocycles. The van der Waals surface area contributed by atoms with E-state index in [0.717, 1.165) is 64.7 Å². The fraction of sp³-hybridized carbons (Fsp3) is 0.765. The summed E-state index contributed by atoms with van der Waals surface area (Å²) in [6, 6.07) is -0.202. The van der Waals surface area contributed by atoms with Crippen LogP contribution in [0.25, 0.3) is 0 Å². The van der Waals surface area contributed by atoms with Crippen LogP contribution in [-0.4, -0.2) is 63.3 Å². The fourth-order valence-electron chi connectivity index (χ4n) is 4.01. The standard InChI is InChI=1S/C17H28N6O2/c1-3-7-17(2)8-6-11-23(12-17)16(25)18-14-13(19-21-20-14)15(24)22-9-4-5-10-22/h3-12H2,1-2H3,(H2,18,19,20,21,25). The third kappa shape index (κ3) is 3.93. The molecule has 2 aliphatic heterocycles. The number of urea groups is 1. The zero-order valence-corrected chi connectivity index (χ0v) is 15.2. The molecule has 2 fully saturated rings. The Kier molecular flexibility index (Phi) is 5.24. The average Bonchev–Trinajstić information content (AvgIpc) is 3.26. The van der Waals surface area contributed by atoms with Gasteiger partial charge < -0.3 is 9.80 Å². The quantitative estimate of drug-likeness (QED) is 0.874. The number of hydrogen-bond donors (Lipinski definition) is 2. The van der Waals surface area contributed by atoms with Crippen LogP contribution in [0.2, 0.25) is 0 Å². The van der Waals surface area contributed by atoms with Crippen molar-refractivity contribution in [3.05, 3.63) is 5.69 Å². The smallest absolute Gasteiger partial charge is 0.323 e. The van der Waals surface area contributed by atoms with Gasteiger partial charge in [0.1, 0.15) is 0 Å². The number of carbonyl (C=O) groups excluding carboxylic acids is 2. The maximum atomic E-state index is 12.7. The van der Waals surface area contributed by atoms with Crippen LogP contribution >= 0.6 is 0 Å². The van der Waals surface area contributed by atoms with Crippen LogP contribution < -0.4 is 5.32 Å². The van der Waals surface area contributed by atoms with E-state index in [1.807, 2.05) is 4.90 Å². The summed E-state index contributed by atoms with van der Waals surface area (Å²) in [5, 5.41) is 13.2. The van der Waals surface area contributed by atoms with Crippen molar-refractivity contribution < 1.29 is 9.59 Å². The van der Waals surface area contributed by atoms with Crippen LogP contribution in [0.5, 0.6) is 0 Å². The molecule has 1 unspecified atom stereocenters. The highest BCUT2D eigenvalue weighted by Crippen LogP contribution is 2.34. The first-order valence-corrected chi connectivity index (χ1v) is 9.28. The molecule has 0 aliphatic carbocycles. The van der Waals surface area contributed by atoms with Gasteiger partial charge in [-0.05, 0) is 37.5 Å². The summed E-state index contributed by atoms with van der Waals surface area (Å²) in [7, 11) is 0. The van der Waals surface area contributed by atoms with Gasteiger partial charge in [-0.2, -0.15) is 5.21 Å². The molecule has 1 aromatic heterocycles. The molecule has 3 rings (SSSR count). The minimum Gasteiger partial charge on any atom is -0.337 e. The van der Waals surface area contributed by atoms with Crippen molar-refractivity contribution in [3.8, 4) is 0 Å². The van der Waals surface area contributed by atoms with Crippen molar-refractivity contribution >= 4 is 17.8 Å². The minimum atomic E-state index is -0.202. The maximum absolute atomic E-state index is 12.7. The topological polar surface area (TPSA) is 94.2 Å². The van der Waals surface area contributed by atoms with E-state index in [-0.39, 0.29) is 28.9 Å². The molecule has 0 bridgehead atoms. The second-order valence-corrected chi connectivity index (χ2v) is 7.54. The lowest BCUT2D eigenvalue weighted by Gasteiger charge is -2.40. The van der Waals surface area contributed by atoms with E-state index in [0.29, 0.717) is 0 Å². The Morgan fingerprint density at radius 1 is 1.16 bits per heavy atom. The van der Waals surface area contributed by atoms with Gasteiger partial charge in [-0.25, -0.2) is 4.79 Å². The number of piperidine rings is 1. The molecule has 3 amide bonds. The zero-order chi connectivity index (χ0) is 17.9. The fourth-order valence-corrected chi connectivity index (χ4v) is 4.01. The van der Waals surface area contributed by atoms with Gasteiger partial charge in [0.05, 0.1) is 0 Å². The third-order valence-corrected chi connectivity index (χ3v) is 5.29. The van der Waals surface area contributed by atoms with Crippen molar-refractivity contribution in [1.29, 1.82) is 0 Å². The van der Waals surface area contributed by atoms with E-state index < -0.39 is 0 Å². The first-order chi connectivity index (χ1) is 12.0. The number of anilines is 1. The van der Waals surface area contributed by atoms with Gasteiger partial charge in [0.25, 0.3) is 5.91 Å². The van der Waals surface area contributed by atoms with E-state index in [2.05, 4.69) is 34.6 Å². The minimum absolute atomic E-state index is 0.169. The van der Waals surface area contributed by atoms with Crippen LogP contribution in [0.3, 0.4) is 0 Å². The molecule has 2 aliphatic rings. The molecule has 138 valence electrons. The maximum Gasteiger partial charge on any atom is 0.323 e. The van der Waals surface area contributed by atoms with Crippen molar-refractivity contribution in [1.82, 2.24) is 25.2 Å². The van der Waals surface area contributed by atoms with Crippen molar-refractivity contribution in [2.45, 2.75) is 52.4 Å². The molecule has 0 saturated carbocycles. The van der Waals surface area contributed by atoms with Gasteiger partial charge >= 0.3 is 6.03 Å². The third-order valence-electron chi connectivity index (χ3n) is 5.29. The summed E-state index contributed by atoms with van der Waals surface area (Å²) in [5.41, 5.74) is 0.367. The Balaban J connectivity index is 1.65. The lowest BCUT2D eigenvalue weighted by Crippen LogP contribution is -2.46. The molecule has 2 N–H and O–H groups in total. The highest BCUT2D eigenvalue weighted by Gasteiger charge is 2.33. The molecule has 8 nitrogen and oxygen atoms in total. The monoisotopic (exact) mass is 348 g/mol. The lowest BCUT2D eigenvalue weighted by molar-refractivity contribution is 0.0788. The molecule has 0 spiro atoms. The Labute approximate surface area is 148 Å². The van der Waals surface area contributed by atoms with Crippen LogP contribution in [0.15, 0.2) is 0 Å². The van der Waals surface area contributed by atoms with E-state index in [1.54, 1.807) is 4.90 Å². The van der Waals surface area contributed by atoms with Gasteiger partial charge in [-0.1, -0.05) is 20.3 Å². The number of likely N-dealkylation sites (tertiary alicyclic amines) is 2. The highest BCUT2D eigenvalue weighted by atomic mass is 16.2. The van der Waals surface area contributed by atoms with E-state index in [1.165, 1.54) is 0 Å². The van der Waals surface area contributed by atoms with E-state index in [4.69, 9.17) is 0 Å². The molecule has 8 heteroatoms. The first-order valence-electron chi connectivity index (χ1n) is 9.28. The van der Waals surface area contributed by atoms with Crippen molar-refractivity contribution in [3.63, 3.8) is 0 Å². The predicted octanol–water partition coefficient (Wildman–Crippen LogP) is 2.47. The number of hydrogen-bond acceptors (Lipinski definition) is 4. The number of rotatable bonds is 4. The Morgan fingerprint density at radius 2 is 1.88 bits per heavy atom. The number of aromatic nitrogens is 3. The van der Waals surface area contributed by atoms with Crippen molar-refractivity contribution in [2.24, 2.45) is 5.41 Å². The Morgan fingerprint density at radius 3 is 2.60 bits per heavy atom. The summed E-state index contributed by atoms with van der Waals surface area (Å²) >= 11 is 0. The predicted molar refractivity (Wildman–Crippen MR) is 94.4 cm³/mol. The lowest BCUT2D eigenvalue weighted by atomic mass is 9.78. The Bertz CT molecular complexity index is 620. The SMILES string of the molecule is CCCC1(C)CCCN(C(=O)Nc2n[nH]nc2C(=O)N2CCCC2)C1. The second-order valence-electron chi connectivity index (χ2n) is 7.54. The van der Waals surface area contributed by atoms with Gasteiger partial charge in [0.15, 0.2) is 11.5 Å². The molecule has 1 aromatic rings. The summed E-state index contributed by atoms with van der Waals surface area (Å²) < 4.78 is 0. The summed E-state index contributed by atoms with van der Waals surface area (Å²) in [4.78, 5) is 28.8. The number of nitrogens with one attached hydrogen (secondary N) is 2. The van der Waals surface area contributed by atoms with Gasteiger partial charge in [-0.15, -0.1) is 10.2 Å². The molecular formula is C17H28N6O2.